The molecular formula is C17H27N3O. The average molecular weight is 289 g/mol. The molecule has 116 valence electrons. The lowest BCUT2D eigenvalue weighted by molar-refractivity contribution is 0.0951. The first-order chi connectivity index (χ1) is 10.3. The molecule has 2 N–H and O–H groups in total. The van der Waals surface area contributed by atoms with Crippen LogP contribution in [0.4, 0.5) is 5.69 Å². The molecule has 2 fully saturated rings. The maximum Gasteiger partial charge on any atom is 0.119 e. The molecule has 1 saturated heterocycles. The number of nitrogens with two attached hydrogens (primary N) is 1. The zero-order valence-corrected chi connectivity index (χ0v) is 13.0. The largest absolute Gasteiger partial charge is 0.497 e. The van der Waals surface area contributed by atoms with Crippen molar-refractivity contribution >= 4 is 5.69 Å². The van der Waals surface area contributed by atoms with Crippen molar-refractivity contribution < 1.29 is 4.74 Å². The van der Waals surface area contributed by atoms with Crippen LogP contribution in [0.25, 0.3) is 0 Å². The van der Waals surface area contributed by atoms with Crippen LogP contribution in [0.2, 0.25) is 0 Å². The predicted octanol–water partition coefficient (Wildman–Crippen LogP) is 1.94. The Morgan fingerprint density at radius 1 is 1.14 bits per heavy atom. The van der Waals surface area contributed by atoms with Gasteiger partial charge in [0.25, 0.3) is 0 Å². The van der Waals surface area contributed by atoms with Gasteiger partial charge in [-0.3, -0.25) is 4.90 Å². The summed E-state index contributed by atoms with van der Waals surface area (Å²) in [5.41, 5.74) is 7.32. The number of hydrogen-bond acceptors (Lipinski definition) is 4. The fourth-order valence-corrected chi connectivity index (χ4v) is 3.57. The van der Waals surface area contributed by atoms with Gasteiger partial charge in [0.05, 0.1) is 7.11 Å². The molecule has 0 spiro atoms. The lowest BCUT2D eigenvalue weighted by atomic mass is 9.79. The molecule has 0 aromatic heterocycles. The van der Waals surface area contributed by atoms with Gasteiger partial charge in [-0.15, -0.1) is 0 Å². The second kappa shape index (κ2) is 6.67. The first-order valence-corrected chi connectivity index (χ1v) is 8.15. The van der Waals surface area contributed by atoms with Crippen molar-refractivity contribution in [2.75, 3.05) is 44.7 Å². The second-order valence-electron chi connectivity index (χ2n) is 6.22. The quantitative estimate of drug-likeness (QED) is 0.899. The monoisotopic (exact) mass is 289 g/mol. The summed E-state index contributed by atoms with van der Waals surface area (Å²) in [5, 5.41) is 0. The molecule has 1 aliphatic heterocycles. The van der Waals surface area contributed by atoms with Crippen LogP contribution < -0.4 is 15.4 Å². The van der Waals surface area contributed by atoms with Crippen molar-refractivity contribution in [3.63, 3.8) is 0 Å². The molecule has 1 unspecified atom stereocenters. The minimum absolute atomic E-state index is 0.608. The van der Waals surface area contributed by atoms with Gasteiger partial charge in [-0.25, -0.2) is 0 Å². The van der Waals surface area contributed by atoms with E-state index in [9.17, 15) is 0 Å². The van der Waals surface area contributed by atoms with Crippen molar-refractivity contribution in [3.05, 3.63) is 24.3 Å². The highest BCUT2D eigenvalue weighted by Crippen LogP contribution is 2.32. The van der Waals surface area contributed by atoms with Crippen molar-refractivity contribution in [1.29, 1.82) is 0 Å². The molecule has 21 heavy (non-hydrogen) atoms. The van der Waals surface area contributed by atoms with Gasteiger partial charge in [-0.2, -0.15) is 0 Å². The van der Waals surface area contributed by atoms with Crippen molar-refractivity contribution in [2.24, 2.45) is 11.7 Å². The fourth-order valence-electron chi connectivity index (χ4n) is 3.57. The van der Waals surface area contributed by atoms with E-state index in [2.05, 4.69) is 21.9 Å². The predicted molar refractivity (Wildman–Crippen MR) is 87.0 cm³/mol. The number of hydrogen-bond donors (Lipinski definition) is 1. The third-order valence-corrected chi connectivity index (χ3v) is 5.16. The Morgan fingerprint density at radius 2 is 1.81 bits per heavy atom. The van der Waals surface area contributed by atoms with E-state index in [1.54, 1.807) is 7.11 Å². The van der Waals surface area contributed by atoms with E-state index in [1.807, 2.05) is 12.1 Å². The molecule has 1 saturated carbocycles. The summed E-state index contributed by atoms with van der Waals surface area (Å²) >= 11 is 0. The summed E-state index contributed by atoms with van der Waals surface area (Å²) < 4.78 is 5.22. The van der Waals surface area contributed by atoms with Gasteiger partial charge in [0.15, 0.2) is 0 Å². The Balaban J connectivity index is 1.56. The van der Waals surface area contributed by atoms with Crippen LogP contribution >= 0.6 is 0 Å². The zero-order valence-electron chi connectivity index (χ0n) is 13.0. The molecule has 0 radical (unpaired) electrons. The number of anilines is 1. The van der Waals surface area contributed by atoms with Gasteiger partial charge < -0.3 is 15.4 Å². The van der Waals surface area contributed by atoms with Crippen LogP contribution in [0.15, 0.2) is 24.3 Å². The number of methoxy groups -OCH3 is 1. The summed E-state index contributed by atoms with van der Waals surface area (Å²) in [5.74, 6) is 1.77. The van der Waals surface area contributed by atoms with Crippen molar-refractivity contribution in [1.82, 2.24) is 4.90 Å². The summed E-state index contributed by atoms with van der Waals surface area (Å²) in [6.07, 6.45) is 4.15. The molecule has 1 aromatic rings. The van der Waals surface area contributed by atoms with Crippen molar-refractivity contribution in [3.8, 4) is 5.75 Å². The highest BCUT2D eigenvalue weighted by molar-refractivity contribution is 5.49. The molecule has 1 atom stereocenters. The Labute approximate surface area is 127 Å². The SMILES string of the molecule is COc1ccc(N2CCN(C(CN)C3CCC3)CC2)cc1. The molecule has 0 amide bonds. The average Bonchev–Trinajstić information content (AvgIpc) is 2.51. The van der Waals surface area contributed by atoms with E-state index in [1.165, 1.54) is 24.9 Å². The van der Waals surface area contributed by atoms with Crippen LogP contribution in [0, 0.1) is 5.92 Å². The highest BCUT2D eigenvalue weighted by Gasteiger charge is 2.32. The number of rotatable bonds is 5. The van der Waals surface area contributed by atoms with Gasteiger partial charge in [0.1, 0.15) is 5.75 Å². The zero-order chi connectivity index (χ0) is 14.7. The Bertz CT molecular complexity index is 436. The lowest BCUT2D eigenvalue weighted by Gasteiger charge is -2.45. The first kappa shape index (κ1) is 14.7. The molecule has 4 heteroatoms. The second-order valence-corrected chi connectivity index (χ2v) is 6.22. The normalized spacial score (nSPS) is 21.9. The third kappa shape index (κ3) is 3.16. The molecule has 1 aromatic carbocycles. The lowest BCUT2D eigenvalue weighted by Crippen LogP contribution is -2.55. The molecular weight excluding hydrogens is 262 g/mol. The van der Waals surface area contributed by atoms with Gasteiger partial charge in [0, 0.05) is 44.5 Å². The number of nitrogens with zero attached hydrogens (tertiary/aromatic N) is 2. The Kier molecular flexibility index (Phi) is 4.66. The van der Waals surface area contributed by atoms with Gasteiger partial charge in [0.2, 0.25) is 0 Å². The van der Waals surface area contributed by atoms with Gasteiger partial charge >= 0.3 is 0 Å². The number of piperazine rings is 1. The van der Waals surface area contributed by atoms with Gasteiger partial charge in [-0.05, 0) is 43.0 Å². The highest BCUT2D eigenvalue weighted by atomic mass is 16.5. The number of benzene rings is 1. The first-order valence-electron chi connectivity index (χ1n) is 8.15. The van der Waals surface area contributed by atoms with Crippen LogP contribution in [-0.2, 0) is 0 Å². The fraction of sp³-hybridized carbons (Fsp3) is 0.647. The standard InChI is InChI=1S/C17H27N3O/c1-21-16-7-5-15(6-8-16)19-9-11-20(12-10-19)17(13-18)14-3-2-4-14/h5-8,14,17H,2-4,9-13,18H2,1H3. The Hall–Kier alpha value is -1.26. The summed E-state index contributed by atoms with van der Waals surface area (Å²) in [6, 6.07) is 9.00. The molecule has 3 rings (SSSR count). The minimum atomic E-state index is 0.608. The van der Waals surface area contributed by atoms with Crippen molar-refractivity contribution in [2.45, 2.75) is 25.3 Å². The van der Waals surface area contributed by atoms with Crippen LogP contribution in [0.1, 0.15) is 19.3 Å². The van der Waals surface area contributed by atoms with Crippen LogP contribution in [0.5, 0.6) is 5.75 Å². The molecule has 2 aliphatic rings. The summed E-state index contributed by atoms with van der Waals surface area (Å²) in [4.78, 5) is 5.08. The van der Waals surface area contributed by atoms with Gasteiger partial charge in [-0.1, -0.05) is 6.42 Å². The van der Waals surface area contributed by atoms with Crippen LogP contribution in [0.3, 0.4) is 0 Å². The maximum absolute atomic E-state index is 6.02. The van der Waals surface area contributed by atoms with E-state index in [-0.39, 0.29) is 0 Å². The third-order valence-electron chi connectivity index (χ3n) is 5.16. The smallest absolute Gasteiger partial charge is 0.119 e. The Morgan fingerprint density at radius 3 is 2.29 bits per heavy atom. The van der Waals surface area contributed by atoms with Crippen LogP contribution in [-0.4, -0.2) is 50.8 Å². The van der Waals surface area contributed by atoms with E-state index < -0.39 is 0 Å². The van der Waals surface area contributed by atoms with E-state index in [4.69, 9.17) is 10.5 Å². The summed E-state index contributed by atoms with van der Waals surface area (Å²) in [6.45, 7) is 5.26. The van der Waals surface area contributed by atoms with E-state index in [0.717, 1.165) is 44.4 Å². The van der Waals surface area contributed by atoms with E-state index >= 15 is 0 Å². The maximum atomic E-state index is 6.02. The van der Waals surface area contributed by atoms with E-state index in [0.29, 0.717) is 6.04 Å². The number of ether oxygens (including phenoxy) is 1. The molecule has 4 nitrogen and oxygen atoms in total. The summed E-state index contributed by atoms with van der Waals surface area (Å²) in [7, 11) is 1.71. The molecule has 1 heterocycles. The molecule has 1 aliphatic carbocycles. The molecule has 0 bridgehead atoms. The topological polar surface area (TPSA) is 41.7 Å². The minimum Gasteiger partial charge on any atom is -0.497 e.